The first-order chi connectivity index (χ1) is 19.1. The topological polar surface area (TPSA) is 67.2 Å². The van der Waals surface area contributed by atoms with Crippen molar-refractivity contribution in [2.45, 2.75) is 59.3 Å². The number of benzene rings is 2. The second-order valence-corrected chi connectivity index (χ2v) is 10.6. The number of amides is 1. The normalized spacial score (nSPS) is 14.9. The molecule has 204 valence electrons. The van der Waals surface area contributed by atoms with Gasteiger partial charge >= 0.3 is 0 Å². The van der Waals surface area contributed by atoms with Crippen molar-refractivity contribution in [2.75, 3.05) is 31.1 Å². The molecule has 3 heterocycles. The molecule has 0 saturated carbocycles. The summed E-state index contributed by atoms with van der Waals surface area (Å²) in [7, 11) is 0. The molecule has 1 amide bonds. The molecule has 0 aliphatic carbocycles. The number of nitrogens with zero attached hydrogens (tertiary/aromatic N) is 6. The highest BCUT2D eigenvalue weighted by Crippen LogP contribution is 2.30. The average Bonchev–Trinajstić information content (AvgIpc) is 3.13. The van der Waals surface area contributed by atoms with E-state index in [-0.39, 0.29) is 5.92 Å². The van der Waals surface area contributed by atoms with Crippen LogP contribution >= 0.6 is 0 Å². The van der Waals surface area contributed by atoms with Gasteiger partial charge in [-0.25, -0.2) is 14.6 Å². The Hall–Kier alpha value is -3.74. The average molecular weight is 525 g/mol. The summed E-state index contributed by atoms with van der Waals surface area (Å²) in [6, 6.07) is 20.5. The van der Waals surface area contributed by atoms with E-state index < -0.39 is 0 Å². The van der Waals surface area contributed by atoms with E-state index in [1.165, 1.54) is 5.56 Å². The molecule has 2 aromatic carbocycles. The van der Waals surface area contributed by atoms with Gasteiger partial charge in [-0.05, 0) is 43.9 Å². The molecule has 39 heavy (non-hydrogen) atoms. The minimum absolute atomic E-state index is 0.131. The van der Waals surface area contributed by atoms with Crippen LogP contribution in [0.5, 0.6) is 0 Å². The summed E-state index contributed by atoms with van der Waals surface area (Å²) in [5.41, 5.74) is 3.90. The van der Waals surface area contributed by atoms with Crippen LogP contribution < -0.4 is 4.90 Å². The molecule has 0 bridgehead atoms. The van der Waals surface area contributed by atoms with Crippen LogP contribution in [-0.4, -0.2) is 56.7 Å². The second kappa shape index (κ2) is 12.4. The fourth-order valence-electron chi connectivity index (χ4n) is 5.60. The van der Waals surface area contributed by atoms with Gasteiger partial charge in [0.25, 0.3) is 0 Å². The quantitative estimate of drug-likeness (QED) is 0.270. The number of para-hydroxylation sites is 1. The molecule has 7 heteroatoms. The Bertz CT molecular complexity index is 1380. The number of unbranched alkanes of at least 4 members (excludes halogenated alkanes) is 1. The first-order valence-electron chi connectivity index (χ1n) is 14.5. The maximum atomic E-state index is 13.4. The zero-order valence-electron chi connectivity index (χ0n) is 23.5. The van der Waals surface area contributed by atoms with Crippen LogP contribution in [0, 0.1) is 12.8 Å². The van der Waals surface area contributed by atoms with Crippen molar-refractivity contribution in [2.24, 2.45) is 5.92 Å². The van der Waals surface area contributed by atoms with Crippen molar-refractivity contribution in [3.8, 4) is 5.69 Å². The van der Waals surface area contributed by atoms with Gasteiger partial charge in [-0.15, -0.1) is 0 Å². The van der Waals surface area contributed by atoms with Crippen molar-refractivity contribution in [3.63, 3.8) is 0 Å². The van der Waals surface area contributed by atoms with Crippen molar-refractivity contribution >= 4 is 22.8 Å². The highest BCUT2D eigenvalue weighted by Gasteiger charge is 2.27. The summed E-state index contributed by atoms with van der Waals surface area (Å²) in [4.78, 5) is 28.0. The maximum absolute atomic E-state index is 13.4. The Morgan fingerprint density at radius 3 is 2.38 bits per heavy atom. The van der Waals surface area contributed by atoms with E-state index in [1.54, 1.807) is 0 Å². The van der Waals surface area contributed by atoms with Gasteiger partial charge in [0.2, 0.25) is 5.91 Å². The smallest absolute Gasteiger partial charge is 0.225 e. The van der Waals surface area contributed by atoms with E-state index in [0.717, 1.165) is 85.8 Å². The van der Waals surface area contributed by atoms with E-state index in [4.69, 9.17) is 15.1 Å². The van der Waals surface area contributed by atoms with Crippen molar-refractivity contribution in [3.05, 3.63) is 77.7 Å². The van der Waals surface area contributed by atoms with Gasteiger partial charge in [0.15, 0.2) is 5.65 Å². The van der Waals surface area contributed by atoms with Gasteiger partial charge in [-0.3, -0.25) is 4.79 Å². The Balaban J connectivity index is 1.50. The number of carbonyl (C=O) groups excluding carboxylic acids is 1. The van der Waals surface area contributed by atoms with E-state index in [1.807, 2.05) is 35.9 Å². The number of aromatic nitrogens is 4. The monoisotopic (exact) mass is 524 g/mol. The van der Waals surface area contributed by atoms with Crippen molar-refractivity contribution in [1.29, 1.82) is 0 Å². The first kappa shape index (κ1) is 26.9. The molecule has 0 N–H and O–H groups in total. The third-order valence-corrected chi connectivity index (χ3v) is 7.79. The molecule has 0 spiro atoms. The van der Waals surface area contributed by atoms with Crippen molar-refractivity contribution in [1.82, 2.24) is 24.6 Å². The van der Waals surface area contributed by atoms with Gasteiger partial charge in [-0.1, -0.05) is 75.2 Å². The molecule has 0 radical (unpaired) electrons. The molecule has 1 aliphatic rings. The van der Waals surface area contributed by atoms with Gasteiger partial charge in [-0.2, -0.15) is 5.10 Å². The molecular weight excluding hydrogens is 484 g/mol. The van der Waals surface area contributed by atoms with Gasteiger partial charge in [0.1, 0.15) is 11.6 Å². The number of aryl methyl sites for hydroxylation is 1. The zero-order valence-corrected chi connectivity index (χ0v) is 23.5. The summed E-state index contributed by atoms with van der Waals surface area (Å²) >= 11 is 0. The molecular formula is C32H40N6O. The molecule has 0 unspecified atom stereocenters. The lowest BCUT2D eigenvalue weighted by atomic mass is 9.97. The van der Waals surface area contributed by atoms with E-state index in [2.05, 4.69) is 60.0 Å². The third-order valence-electron chi connectivity index (χ3n) is 7.79. The summed E-state index contributed by atoms with van der Waals surface area (Å²) in [5.74, 6) is 2.16. The predicted molar refractivity (Wildman–Crippen MR) is 157 cm³/mol. The van der Waals surface area contributed by atoms with Crippen LogP contribution in [0.1, 0.15) is 63.0 Å². The Morgan fingerprint density at radius 2 is 1.67 bits per heavy atom. The largest absolute Gasteiger partial charge is 0.354 e. The number of hydrogen-bond donors (Lipinski definition) is 0. The molecule has 5 rings (SSSR count). The Morgan fingerprint density at radius 1 is 0.923 bits per heavy atom. The number of hydrogen-bond acceptors (Lipinski definition) is 5. The molecule has 1 fully saturated rings. The fraction of sp³-hybridized carbons (Fsp3) is 0.438. The van der Waals surface area contributed by atoms with Crippen LogP contribution in [-0.2, 0) is 11.2 Å². The lowest BCUT2D eigenvalue weighted by Crippen LogP contribution is -2.39. The standard InChI is InChI=1S/C32H40N6O/c1-4-6-16-26(5-2)32(39)37-20-13-19-36(21-22-37)30-29-24(3)35-38(27-17-11-8-12-18-27)31(29)34-28(33-30)23-25-14-9-7-10-15-25/h7-12,14-15,17-18,26H,4-6,13,16,19-23H2,1-3H3/t26-/m0/s1. The summed E-state index contributed by atoms with van der Waals surface area (Å²) < 4.78 is 1.94. The maximum Gasteiger partial charge on any atom is 0.225 e. The summed E-state index contributed by atoms with van der Waals surface area (Å²) in [5, 5.41) is 5.91. The Kier molecular flexibility index (Phi) is 8.54. The molecule has 1 saturated heterocycles. The minimum Gasteiger partial charge on any atom is -0.354 e. The third kappa shape index (κ3) is 5.97. The SMILES string of the molecule is CCCC[C@H](CC)C(=O)N1CCCN(c2nc(Cc3ccccc3)nc3c2c(C)nn3-c2ccccc2)CC1. The number of rotatable bonds is 9. The molecule has 2 aromatic heterocycles. The highest BCUT2D eigenvalue weighted by molar-refractivity contribution is 5.91. The summed E-state index contributed by atoms with van der Waals surface area (Å²) in [6.45, 7) is 9.49. The van der Waals surface area contributed by atoms with Crippen LogP contribution in [0.2, 0.25) is 0 Å². The van der Waals surface area contributed by atoms with Crippen LogP contribution in [0.25, 0.3) is 16.7 Å². The van der Waals surface area contributed by atoms with E-state index >= 15 is 0 Å². The van der Waals surface area contributed by atoms with E-state index in [9.17, 15) is 4.79 Å². The fourth-order valence-corrected chi connectivity index (χ4v) is 5.60. The summed E-state index contributed by atoms with van der Waals surface area (Å²) in [6.07, 6.45) is 5.70. The molecule has 4 aromatic rings. The second-order valence-electron chi connectivity index (χ2n) is 10.6. The molecule has 1 atom stereocenters. The number of carbonyl (C=O) groups is 1. The molecule has 7 nitrogen and oxygen atoms in total. The van der Waals surface area contributed by atoms with Crippen LogP contribution in [0.15, 0.2) is 60.7 Å². The Labute approximate surface area is 231 Å². The molecule has 1 aliphatic heterocycles. The zero-order chi connectivity index (χ0) is 27.2. The first-order valence-corrected chi connectivity index (χ1v) is 14.5. The van der Waals surface area contributed by atoms with Crippen LogP contribution in [0.3, 0.4) is 0 Å². The van der Waals surface area contributed by atoms with E-state index in [0.29, 0.717) is 18.9 Å². The lowest BCUT2D eigenvalue weighted by molar-refractivity contribution is -0.135. The number of fused-ring (bicyclic) bond motifs is 1. The highest BCUT2D eigenvalue weighted by atomic mass is 16.2. The predicted octanol–water partition coefficient (Wildman–Crippen LogP) is 5.97. The van der Waals surface area contributed by atoms with Gasteiger partial charge < -0.3 is 9.80 Å². The van der Waals surface area contributed by atoms with Gasteiger partial charge in [0.05, 0.1) is 16.8 Å². The lowest BCUT2D eigenvalue weighted by Gasteiger charge is -2.26. The van der Waals surface area contributed by atoms with Crippen LogP contribution in [0.4, 0.5) is 5.82 Å². The van der Waals surface area contributed by atoms with Crippen molar-refractivity contribution < 1.29 is 4.79 Å². The van der Waals surface area contributed by atoms with Gasteiger partial charge in [0, 0.05) is 38.5 Å². The minimum atomic E-state index is 0.131. The number of anilines is 1.